The molecule has 0 bridgehead atoms. The molecule has 0 spiro atoms. The maximum Gasteiger partial charge on any atom is 0.268 e. The third-order valence-electron chi connectivity index (χ3n) is 4.09. The Balaban J connectivity index is 1.80. The molecule has 7 heteroatoms. The zero-order chi connectivity index (χ0) is 20.6. The third-order valence-corrected chi connectivity index (χ3v) is 4.34. The summed E-state index contributed by atoms with van der Waals surface area (Å²) in [6, 6.07) is 17.2. The summed E-state index contributed by atoms with van der Waals surface area (Å²) in [5.41, 5.74) is 8.43. The minimum atomic E-state index is -0.445. The van der Waals surface area contributed by atoms with E-state index < -0.39 is 11.8 Å². The van der Waals surface area contributed by atoms with Crippen molar-refractivity contribution in [3.63, 3.8) is 0 Å². The van der Waals surface area contributed by atoms with E-state index in [2.05, 4.69) is 15.6 Å². The van der Waals surface area contributed by atoms with Gasteiger partial charge in [0, 0.05) is 35.2 Å². The van der Waals surface area contributed by atoms with Gasteiger partial charge in [0.05, 0.1) is 0 Å². The highest BCUT2D eigenvalue weighted by Crippen LogP contribution is 2.12. The first-order valence-electron chi connectivity index (χ1n) is 8.83. The van der Waals surface area contributed by atoms with E-state index in [1.807, 2.05) is 18.2 Å². The molecule has 0 aliphatic heterocycles. The molecular weight excluding hydrogens is 388 g/mol. The number of hydrogen-bond donors (Lipinski definition) is 3. The molecule has 0 atom stereocenters. The number of halogens is 1. The predicted octanol–water partition coefficient (Wildman–Crippen LogP) is 3.40. The average molecular weight is 407 g/mol. The number of aromatic nitrogens is 1. The van der Waals surface area contributed by atoms with E-state index in [4.69, 9.17) is 17.3 Å². The molecule has 0 saturated carbocycles. The zero-order valence-electron chi connectivity index (χ0n) is 15.4. The van der Waals surface area contributed by atoms with E-state index in [1.165, 1.54) is 0 Å². The van der Waals surface area contributed by atoms with Crippen molar-refractivity contribution in [2.45, 2.75) is 6.54 Å². The van der Waals surface area contributed by atoms with Crippen molar-refractivity contribution in [3.8, 4) is 0 Å². The number of nitrogens with one attached hydrogen (secondary N) is 2. The van der Waals surface area contributed by atoms with Gasteiger partial charge in [-0.2, -0.15) is 0 Å². The van der Waals surface area contributed by atoms with Crippen LogP contribution in [0.5, 0.6) is 0 Å². The molecule has 0 aliphatic carbocycles. The number of nitrogens with two attached hydrogens (primary N) is 1. The van der Waals surface area contributed by atoms with Crippen LogP contribution in [0.2, 0.25) is 5.02 Å². The molecule has 0 saturated heterocycles. The molecule has 0 fully saturated rings. The molecule has 3 aromatic rings. The second-order valence-corrected chi connectivity index (χ2v) is 6.62. The summed E-state index contributed by atoms with van der Waals surface area (Å²) in [4.78, 5) is 29.4. The number of carbonyl (C=O) groups is 2. The van der Waals surface area contributed by atoms with Crippen molar-refractivity contribution >= 4 is 35.2 Å². The number of carbonyl (C=O) groups excluding carboxylic acids is 2. The number of nitrogens with zero attached hydrogens (tertiary/aromatic N) is 1. The lowest BCUT2D eigenvalue weighted by atomic mass is 10.1. The largest absolute Gasteiger partial charge is 0.398 e. The Bertz CT molecular complexity index is 1030. The van der Waals surface area contributed by atoms with E-state index in [9.17, 15) is 9.59 Å². The molecule has 2 amide bonds. The summed E-state index contributed by atoms with van der Waals surface area (Å²) in [6.07, 6.45) is 4.78. The zero-order valence-corrected chi connectivity index (χ0v) is 16.2. The van der Waals surface area contributed by atoms with Gasteiger partial charge >= 0.3 is 0 Å². The highest BCUT2D eigenvalue weighted by molar-refractivity contribution is 6.30. The van der Waals surface area contributed by atoms with Gasteiger partial charge < -0.3 is 16.4 Å². The molecule has 6 nitrogen and oxygen atoms in total. The van der Waals surface area contributed by atoms with Crippen LogP contribution in [0.15, 0.2) is 78.8 Å². The highest BCUT2D eigenvalue weighted by atomic mass is 35.5. The molecule has 29 heavy (non-hydrogen) atoms. The van der Waals surface area contributed by atoms with Gasteiger partial charge in [0.1, 0.15) is 5.70 Å². The second-order valence-electron chi connectivity index (χ2n) is 6.19. The van der Waals surface area contributed by atoms with Crippen LogP contribution in [0.1, 0.15) is 21.5 Å². The van der Waals surface area contributed by atoms with Gasteiger partial charge in [-0.3, -0.25) is 14.6 Å². The summed E-state index contributed by atoms with van der Waals surface area (Å²) in [6.45, 7) is 0.229. The molecule has 4 N–H and O–H groups in total. The van der Waals surface area contributed by atoms with Crippen LogP contribution in [-0.2, 0) is 11.3 Å². The third kappa shape index (κ3) is 5.67. The summed E-state index contributed by atoms with van der Waals surface area (Å²) >= 11 is 5.87. The van der Waals surface area contributed by atoms with Crippen LogP contribution in [0.25, 0.3) is 6.08 Å². The fourth-order valence-electron chi connectivity index (χ4n) is 2.55. The smallest absolute Gasteiger partial charge is 0.268 e. The first-order valence-corrected chi connectivity index (χ1v) is 9.21. The van der Waals surface area contributed by atoms with Gasteiger partial charge in [-0.05, 0) is 53.6 Å². The SMILES string of the molecule is Nc1ccccc1CNC(=O)/C(=C\c1cccnc1)NC(=O)c1ccc(Cl)cc1. The van der Waals surface area contributed by atoms with Crippen molar-refractivity contribution in [3.05, 3.63) is 100 Å². The predicted molar refractivity (Wildman–Crippen MR) is 114 cm³/mol. The van der Waals surface area contributed by atoms with E-state index in [-0.39, 0.29) is 12.2 Å². The number of nitrogen functional groups attached to an aromatic ring is 1. The summed E-state index contributed by atoms with van der Waals surface area (Å²) in [7, 11) is 0. The molecule has 2 aromatic carbocycles. The lowest BCUT2D eigenvalue weighted by molar-refractivity contribution is -0.117. The van der Waals surface area contributed by atoms with Crippen LogP contribution in [0.3, 0.4) is 0 Å². The number of rotatable bonds is 6. The van der Waals surface area contributed by atoms with Gasteiger partial charge in [0.15, 0.2) is 0 Å². The minimum Gasteiger partial charge on any atom is -0.398 e. The van der Waals surface area contributed by atoms with Crippen LogP contribution in [0.4, 0.5) is 5.69 Å². The number of anilines is 1. The van der Waals surface area contributed by atoms with Gasteiger partial charge in [0.25, 0.3) is 11.8 Å². The van der Waals surface area contributed by atoms with Crippen LogP contribution in [0, 0.1) is 0 Å². The number of hydrogen-bond acceptors (Lipinski definition) is 4. The fraction of sp³-hybridized carbons (Fsp3) is 0.0455. The summed E-state index contributed by atoms with van der Waals surface area (Å²) in [5.74, 6) is -0.870. The Labute approximate surface area is 173 Å². The molecule has 0 unspecified atom stereocenters. The van der Waals surface area contributed by atoms with Crippen molar-refractivity contribution in [1.29, 1.82) is 0 Å². The minimum absolute atomic E-state index is 0.0902. The standard InChI is InChI=1S/C22H19ClN4O2/c23-18-9-7-16(8-10-18)21(28)27-20(12-15-4-3-11-25-13-15)22(29)26-14-17-5-1-2-6-19(17)24/h1-13H,14,24H2,(H,26,29)(H,27,28)/b20-12+. The maximum atomic E-state index is 12.8. The lowest BCUT2D eigenvalue weighted by Crippen LogP contribution is -2.34. The Morgan fingerprint density at radius 1 is 1.03 bits per heavy atom. The number of benzene rings is 2. The van der Waals surface area contributed by atoms with Crippen molar-refractivity contribution in [2.24, 2.45) is 0 Å². The van der Waals surface area contributed by atoms with E-state index in [1.54, 1.807) is 60.9 Å². The summed E-state index contributed by atoms with van der Waals surface area (Å²) in [5, 5.41) is 5.96. The Morgan fingerprint density at radius 3 is 2.48 bits per heavy atom. The molecule has 0 aliphatic rings. The number of pyridine rings is 1. The normalized spacial score (nSPS) is 11.0. The number of amides is 2. The fourth-order valence-corrected chi connectivity index (χ4v) is 2.67. The Kier molecular flexibility index (Phi) is 6.60. The van der Waals surface area contributed by atoms with Gasteiger partial charge in [0.2, 0.25) is 0 Å². The topological polar surface area (TPSA) is 97.1 Å². The first kappa shape index (κ1) is 20.1. The van der Waals surface area contributed by atoms with Crippen LogP contribution >= 0.6 is 11.6 Å². The molecule has 1 heterocycles. The molecule has 1 aromatic heterocycles. The van der Waals surface area contributed by atoms with E-state index in [0.717, 1.165) is 5.56 Å². The molecule has 0 radical (unpaired) electrons. The molecule has 3 rings (SSSR count). The van der Waals surface area contributed by atoms with Crippen LogP contribution < -0.4 is 16.4 Å². The maximum absolute atomic E-state index is 12.8. The van der Waals surface area contributed by atoms with Gasteiger partial charge in [-0.25, -0.2) is 0 Å². The monoisotopic (exact) mass is 406 g/mol. The molecule has 146 valence electrons. The van der Waals surface area contributed by atoms with Gasteiger partial charge in [-0.1, -0.05) is 35.9 Å². The van der Waals surface area contributed by atoms with Gasteiger partial charge in [-0.15, -0.1) is 0 Å². The Hall–Kier alpha value is -3.64. The number of para-hydroxylation sites is 1. The lowest BCUT2D eigenvalue weighted by Gasteiger charge is -2.12. The van der Waals surface area contributed by atoms with E-state index in [0.29, 0.717) is 21.8 Å². The van der Waals surface area contributed by atoms with Crippen LogP contribution in [-0.4, -0.2) is 16.8 Å². The molecular formula is C22H19ClN4O2. The second kappa shape index (κ2) is 9.52. The van der Waals surface area contributed by atoms with E-state index >= 15 is 0 Å². The highest BCUT2D eigenvalue weighted by Gasteiger charge is 2.15. The summed E-state index contributed by atoms with van der Waals surface area (Å²) < 4.78 is 0. The quantitative estimate of drug-likeness (QED) is 0.431. The van der Waals surface area contributed by atoms with Crippen molar-refractivity contribution < 1.29 is 9.59 Å². The average Bonchev–Trinajstić information content (AvgIpc) is 2.73. The van der Waals surface area contributed by atoms with Crippen molar-refractivity contribution in [1.82, 2.24) is 15.6 Å². The van der Waals surface area contributed by atoms with Crippen molar-refractivity contribution in [2.75, 3.05) is 5.73 Å². The first-order chi connectivity index (χ1) is 14.0. The Morgan fingerprint density at radius 2 is 1.79 bits per heavy atom.